The fraction of sp³-hybridized carbons (Fsp3) is 0.421. The van der Waals surface area contributed by atoms with Gasteiger partial charge in [0.2, 0.25) is 5.95 Å². The minimum Gasteiger partial charge on any atom is -0.335 e. The van der Waals surface area contributed by atoms with Gasteiger partial charge in [-0.3, -0.25) is 9.78 Å². The molecule has 6 heteroatoms. The summed E-state index contributed by atoms with van der Waals surface area (Å²) in [7, 11) is 0. The number of nitrogens with zero attached hydrogens (tertiary/aromatic N) is 4. The van der Waals surface area contributed by atoms with Gasteiger partial charge in [0.1, 0.15) is 5.39 Å². The molecule has 0 radical (unpaired) electrons. The van der Waals surface area contributed by atoms with E-state index in [2.05, 4.69) is 60.0 Å². The quantitative estimate of drug-likeness (QED) is 0.780. The fourth-order valence-electron chi connectivity index (χ4n) is 3.58. The Morgan fingerprint density at radius 2 is 1.96 bits per heavy atom. The molecule has 0 spiro atoms. The summed E-state index contributed by atoms with van der Waals surface area (Å²) in [5.41, 5.74) is 1.54. The Hall–Kier alpha value is -2.63. The molecule has 0 amide bonds. The van der Waals surface area contributed by atoms with E-state index in [-0.39, 0.29) is 17.1 Å². The highest BCUT2D eigenvalue weighted by Crippen LogP contribution is 2.34. The van der Waals surface area contributed by atoms with Crippen LogP contribution in [0.4, 0.5) is 5.95 Å². The van der Waals surface area contributed by atoms with Crippen molar-refractivity contribution in [2.24, 2.45) is 0 Å². The molecule has 1 saturated heterocycles. The average molecular weight is 337 g/mol. The lowest BCUT2D eigenvalue weighted by atomic mass is 10.1. The van der Waals surface area contributed by atoms with E-state index in [1.807, 2.05) is 10.7 Å². The minimum absolute atomic E-state index is 0.130. The Balaban J connectivity index is 1.82. The second-order valence-corrected chi connectivity index (χ2v) is 7.62. The van der Waals surface area contributed by atoms with Crippen molar-refractivity contribution in [2.45, 2.75) is 45.2 Å². The molecule has 1 N–H and O–H groups in total. The van der Waals surface area contributed by atoms with Gasteiger partial charge in [-0.2, -0.15) is 10.1 Å². The Morgan fingerprint density at radius 3 is 2.68 bits per heavy atom. The monoisotopic (exact) mass is 337 g/mol. The van der Waals surface area contributed by atoms with Crippen molar-refractivity contribution in [3.05, 3.63) is 52.4 Å². The van der Waals surface area contributed by atoms with E-state index in [0.29, 0.717) is 17.0 Å². The van der Waals surface area contributed by atoms with Crippen molar-refractivity contribution in [1.82, 2.24) is 19.7 Å². The van der Waals surface area contributed by atoms with Gasteiger partial charge in [0.05, 0.1) is 17.8 Å². The average Bonchev–Trinajstić information content (AvgIpc) is 3.22. The molecule has 3 heterocycles. The predicted molar refractivity (Wildman–Crippen MR) is 98.9 cm³/mol. The van der Waals surface area contributed by atoms with Crippen molar-refractivity contribution in [2.75, 3.05) is 11.4 Å². The molecule has 1 fully saturated rings. The summed E-state index contributed by atoms with van der Waals surface area (Å²) in [6.07, 6.45) is 3.75. The molecule has 4 rings (SSSR count). The van der Waals surface area contributed by atoms with Crippen molar-refractivity contribution in [1.29, 1.82) is 0 Å². The van der Waals surface area contributed by atoms with E-state index < -0.39 is 0 Å². The predicted octanol–water partition coefficient (Wildman–Crippen LogP) is 3.22. The third-order valence-electron chi connectivity index (χ3n) is 4.77. The van der Waals surface area contributed by atoms with E-state index in [9.17, 15) is 4.79 Å². The Bertz CT molecular complexity index is 951. The number of hydrogen-bond donors (Lipinski definition) is 1. The van der Waals surface area contributed by atoms with E-state index >= 15 is 0 Å². The first-order valence-electron chi connectivity index (χ1n) is 8.75. The molecule has 0 saturated carbocycles. The summed E-state index contributed by atoms with van der Waals surface area (Å²) in [6, 6.07) is 10.7. The molecule has 1 unspecified atom stereocenters. The number of nitrogens with one attached hydrogen (secondary N) is 1. The fourth-order valence-corrected chi connectivity index (χ4v) is 3.58. The van der Waals surface area contributed by atoms with Gasteiger partial charge in [0, 0.05) is 6.54 Å². The second kappa shape index (κ2) is 5.72. The molecule has 2 aromatic heterocycles. The summed E-state index contributed by atoms with van der Waals surface area (Å²) in [5, 5.41) is 4.92. The van der Waals surface area contributed by atoms with E-state index in [0.717, 1.165) is 19.4 Å². The SMILES string of the molecule is CC(C)(C)n1ncc2c(=O)[nH]c(N3CCCC3c3ccccc3)nc21. The molecular weight excluding hydrogens is 314 g/mol. The van der Waals surface area contributed by atoms with E-state index in [4.69, 9.17) is 4.98 Å². The zero-order valence-corrected chi connectivity index (χ0v) is 14.9. The summed E-state index contributed by atoms with van der Waals surface area (Å²) in [6.45, 7) is 7.07. The Labute approximate surface area is 146 Å². The molecule has 1 aliphatic rings. The van der Waals surface area contributed by atoms with E-state index in [1.54, 1.807) is 6.20 Å². The third kappa shape index (κ3) is 2.71. The Morgan fingerprint density at radius 1 is 1.20 bits per heavy atom. The highest BCUT2D eigenvalue weighted by atomic mass is 16.1. The number of aromatic amines is 1. The lowest BCUT2D eigenvalue weighted by Crippen LogP contribution is -2.28. The van der Waals surface area contributed by atoms with Crippen molar-refractivity contribution < 1.29 is 0 Å². The van der Waals surface area contributed by atoms with Gasteiger partial charge in [0.15, 0.2) is 5.65 Å². The third-order valence-corrected chi connectivity index (χ3v) is 4.77. The molecule has 1 atom stereocenters. The summed E-state index contributed by atoms with van der Waals surface area (Å²) in [4.78, 5) is 22.5. The van der Waals surface area contributed by atoms with Gasteiger partial charge in [-0.05, 0) is 39.2 Å². The largest absolute Gasteiger partial charge is 0.335 e. The topological polar surface area (TPSA) is 66.8 Å². The summed E-state index contributed by atoms with van der Waals surface area (Å²) in [5.74, 6) is 0.634. The van der Waals surface area contributed by atoms with Crippen LogP contribution in [0.1, 0.15) is 45.2 Å². The molecular formula is C19H23N5O. The maximum atomic E-state index is 12.6. The molecule has 130 valence electrons. The number of anilines is 1. The maximum Gasteiger partial charge on any atom is 0.263 e. The van der Waals surface area contributed by atoms with Gasteiger partial charge in [-0.15, -0.1) is 0 Å². The zero-order chi connectivity index (χ0) is 17.6. The molecule has 0 aliphatic carbocycles. The van der Waals surface area contributed by atoms with Gasteiger partial charge >= 0.3 is 0 Å². The number of hydrogen-bond acceptors (Lipinski definition) is 4. The summed E-state index contributed by atoms with van der Waals surface area (Å²) >= 11 is 0. The number of H-pyrrole nitrogens is 1. The minimum atomic E-state index is -0.232. The van der Waals surface area contributed by atoms with Crippen LogP contribution in [0.25, 0.3) is 11.0 Å². The normalized spacial score (nSPS) is 18.2. The van der Waals surface area contributed by atoms with Crippen LogP contribution in [0, 0.1) is 0 Å². The standard InChI is InChI=1S/C19H23N5O/c1-19(2,3)24-16-14(12-20-24)17(25)22-18(21-16)23-11-7-10-15(23)13-8-5-4-6-9-13/h4-6,8-9,12,15H,7,10-11H2,1-3H3,(H,21,22,25). The first kappa shape index (κ1) is 15.9. The van der Waals surface area contributed by atoms with E-state index in [1.165, 1.54) is 5.56 Å². The van der Waals surface area contributed by atoms with Gasteiger partial charge in [-0.1, -0.05) is 30.3 Å². The second-order valence-electron chi connectivity index (χ2n) is 7.62. The number of benzene rings is 1. The number of fused-ring (bicyclic) bond motifs is 1. The number of aromatic nitrogens is 4. The van der Waals surface area contributed by atoms with Gasteiger partial charge < -0.3 is 4.90 Å². The highest BCUT2D eigenvalue weighted by Gasteiger charge is 2.29. The lowest BCUT2D eigenvalue weighted by molar-refractivity contribution is 0.366. The Kier molecular flexibility index (Phi) is 3.63. The molecule has 3 aromatic rings. The first-order chi connectivity index (χ1) is 11.9. The van der Waals surface area contributed by atoms with Crippen LogP contribution in [0.15, 0.2) is 41.3 Å². The zero-order valence-electron chi connectivity index (χ0n) is 14.9. The molecule has 1 aromatic carbocycles. The van der Waals surface area contributed by atoms with Gasteiger partial charge in [0.25, 0.3) is 5.56 Å². The van der Waals surface area contributed by atoms with Crippen LogP contribution in [0.2, 0.25) is 0 Å². The van der Waals surface area contributed by atoms with Crippen molar-refractivity contribution >= 4 is 17.0 Å². The van der Waals surface area contributed by atoms with Crippen LogP contribution in [-0.2, 0) is 5.54 Å². The van der Waals surface area contributed by atoms with Crippen LogP contribution < -0.4 is 10.5 Å². The van der Waals surface area contributed by atoms with Crippen LogP contribution in [0.3, 0.4) is 0 Å². The number of rotatable bonds is 2. The van der Waals surface area contributed by atoms with Crippen molar-refractivity contribution in [3.8, 4) is 0 Å². The highest BCUT2D eigenvalue weighted by molar-refractivity contribution is 5.75. The smallest absolute Gasteiger partial charge is 0.263 e. The maximum absolute atomic E-state index is 12.6. The summed E-state index contributed by atoms with van der Waals surface area (Å²) < 4.78 is 1.83. The first-order valence-corrected chi connectivity index (χ1v) is 8.75. The van der Waals surface area contributed by atoms with Crippen LogP contribution in [-0.4, -0.2) is 26.3 Å². The molecule has 0 bridgehead atoms. The van der Waals surface area contributed by atoms with Crippen molar-refractivity contribution in [3.63, 3.8) is 0 Å². The van der Waals surface area contributed by atoms with Crippen LogP contribution in [0.5, 0.6) is 0 Å². The lowest BCUT2D eigenvalue weighted by Gasteiger charge is -2.26. The van der Waals surface area contributed by atoms with Gasteiger partial charge in [-0.25, -0.2) is 4.68 Å². The van der Waals surface area contributed by atoms with Crippen LogP contribution >= 0.6 is 0 Å². The molecule has 6 nitrogen and oxygen atoms in total. The molecule has 1 aliphatic heterocycles. The molecule has 25 heavy (non-hydrogen) atoms.